The van der Waals surface area contributed by atoms with Crippen LogP contribution in [0, 0.1) is 5.82 Å². The Morgan fingerprint density at radius 3 is 2.56 bits per heavy atom. The molecule has 1 heterocycles. The molecule has 0 aliphatic rings. The van der Waals surface area contributed by atoms with Crippen molar-refractivity contribution in [3.8, 4) is 0 Å². The van der Waals surface area contributed by atoms with Crippen LogP contribution < -0.4 is 16.6 Å². The average Bonchev–Trinajstić information content (AvgIpc) is 2.63. The molecule has 0 saturated carbocycles. The zero-order valence-electron chi connectivity index (χ0n) is 14.7. The molecule has 10 heteroatoms. The van der Waals surface area contributed by atoms with Crippen LogP contribution in [-0.4, -0.2) is 33.7 Å². The van der Waals surface area contributed by atoms with Crippen LogP contribution in [0.3, 0.4) is 0 Å². The van der Waals surface area contributed by atoms with E-state index >= 15 is 0 Å². The number of carbonyl (C=O) groups is 2. The van der Waals surface area contributed by atoms with Crippen molar-refractivity contribution in [3.05, 3.63) is 46.0 Å². The van der Waals surface area contributed by atoms with E-state index < -0.39 is 28.5 Å². The molecule has 1 atom stereocenters. The molecule has 0 aliphatic heterocycles. The Balaban J connectivity index is 2.18. The van der Waals surface area contributed by atoms with E-state index in [-0.39, 0.29) is 28.8 Å². The number of carbonyl (C=O) groups excluding carboxylic acids is 2. The van der Waals surface area contributed by atoms with Crippen LogP contribution >= 0.6 is 11.8 Å². The summed E-state index contributed by atoms with van der Waals surface area (Å²) in [4.78, 5) is 42.8. The third-order valence-corrected chi connectivity index (χ3v) is 4.67. The zero-order chi connectivity index (χ0) is 20.0. The Hall–Kier alpha value is -2.88. The third-order valence-electron chi connectivity index (χ3n) is 3.44. The predicted molar refractivity (Wildman–Crippen MR) is 100 cm³/mol. The van der Waals surface area contributed by atoms with Gasteiger partial charge in [-0.2, -0.15) is 0 Å². The highest BCUT2D eigenvalue weighted by atomic mass is 32.2. The molecule has 0 radical (unpaired) electrons. The van der Waals surface area contributed by atoms with Crippen LogP contribution in [0.5, 0.6) is 0 Å². The molecule has 0 fully saturated rings. The van der Waals surface area contributed by atoms with Gasteiger partial charge >= 0.3 is 5.97 Å². The van der Waals surface area contributed by atoms with Gasteiger partial charge in [0.25, 0.3) is 11.5 Å². The van der Waals surface area contributed by atoms with Crippen molar-refractivity contribution in [2.45, 2.75) is 30.7 Å². The van der Waals surface area contributed by atoms with Crippen molar-refractivity contribution in [2.24, 2.45) is 0 Å². The molecule has 0 spiro atoms. The van der Waals surface area contributed by atoms with Crippen molar-refractivity contribution >= 4 is 35.1 Å². The number of benzene rings is 1. The molecule has 0 unspecified atom stereocenters. The second kappa shape index (κ2) is 9.17. The summed E-state index contributed by atoms with van der Waals surface area (Å²) in [5.74, 6) is -1.73. The number of nitrogens with zero attached hydrogens (tertiary/aromatic N) is 1. The van der Waals surface area contributed by atoms with Gasteiger partial charge in [-0.15, -0.1) is 0 Å². The van der Waals surface area contributed by atoms with Crippen LogP contribution in [0.15, 0.2) is 34.2 Å². The molecule has 0 aliphatic carbocycles. The molecule has 8 nitrogen and oxygen atoms in total. The Labute approximate surface area is 158 Å². The van der Waals surface area contributed by atoms with Gasteiger partial charge in [0.1, 0.15) is 16.8 Å². The third kappa shape index (κ3) is 5.30. The second-order valence-electron chi connectivity index (χ2n) is 5.36. The smallest absolute Gasteiger partial charge is 0.319 e. The average molecular weight is 394 g/mol. The number of H-pyrrole nitrogens is 1. The van der Waals surface area contributed by atoms with Gasteiger partial charge < -0.3 is 15.8 Å². The summed E-state index contributed by atoms with van der Waals surface area (Å²) in [5, 5.41) is 1.95. The molecule has 0 bridgehead atoms. The number of nitrogens with two attached hydrogens (primary N) is 1. The Morgan fingerprint density at radius 1 is 1.33 bits per heavy atom. The van der Waals surface area contributed by atoms with Crippen LogP contribution in [0.25, 0.3) is 0 Å². The van der Waals surface area contributed by atoms with Crippen molar-refractivity contribution in [2.75, 3.05) is 17.7 Å². The first-order chi connectivity index (χ1) is 12.8. The Kier molecular flexibility index (Phi) is 6.94. The minimum absolute atomic E-state index is 0.136. The number of nitrogen functional groups attached to an aromatic ring is 1. The number of hydrogen-bond donors (Lipinski definition) is 3. The minimum Gasteiger partial charge on any atom is -0.465 e. The Morgan fingerprint density at radius 2 is 2.00 bits per heavy atom. The predicted octanol–water partition coefficient (Wildman–Crippen LogP) is 2.18. The molecule has 2 rings (SSSR count). The lowest BCUT2D eigenvalue weighted by Crippen LogP contribution is -2.24. The topological polar surface area (TPSA) is 127 Å². The van der Waals surface area contributed by atoms with Crippen molar-refractivity contribution in [1.29, 1.82) is 0 Å². The largest absolute Gasteiger partial charge is 0.465 e. The summed E-state index contributed by atoms with van der Waals surface area (Å²) in [6.45, 7) is 3.75. The number of ether oxygens (including phenoxy) is 1. The number of anilines is 2. The van der Waals surface area contributed by atoms with E-state index in [0.29, 0.717) is 6.42 Å². The lowest BCUT2D eigenvalue weighted by atomic mass is 10.2. The summed E-state index contributed by atoms with van der Waals surface area (Å²) < 4.78 is 17.9. The summed E-state index contributed by atoms with van der Waals surface area (Å²) in [6.07, 6.45) is 0.468. The molecule has 4 N–H and O–H groups in total. The van der Waals surface area contributed by atoms with Crippen molar-refractivity contribution in [3.63, 3.8) is 0 Å². The van der Waals surface area contributed by atoms with Gasteiger partial charge in [0.2, 0.25) is 0 Å². The maximum atomic E-state index is 12.9. The van der Waals surface area contributed by atoms with Gasteiger partial charge in [-0.3, -0.25) is 19.4 Å². The number of hydrogen-bond acceptors (Lipinski definition) is 7. The number of aromatic amines is 1. The highest BCUT2D eigenvalue weighted by Gasteiger charge is 2.22. The fourth-order valence-electron chi connectivity index (χ4n) is 2.10. The van der Waals surface area contributed by atoms with Crippen molar-refractivity contribution < 1.29 is 18.7 Å². The number of rotatable bonds is 7. The van der Waals surface area contributed by atoms with E-state index in [9.17, 15) is 18.8 Å². The van der Waals surface area contributed by atoms with E-state index in [2.05, 4.69) is 15.3 Å². The highest BCUT2D eigenvalue weighted by molar-refractivity contribution is 8.00. The van der Waals surface area contributed by atoms with Gasteiger partial charge in [-0.25, -0.2) is 9.37 Å². The first kappa shape index (κ1) is 20.4. The fraction of sp³-hybridized carbons (Fsp3) is 0.294. The first-order valence-electron chi connectivity index (χ1n) is 8.15. The molecule has 144 valence electrons. The zero-order valence-corrected chi connectivity index (χ0v) is 15.6. The number of nitrogens with one attached hydrogen (secondary N) is 2. The number of halogens is 1. The first-order valence-corrected chi connectivity index (χ1v) is 9.03. The van der Waals surface area contributed by atoms with E-state index in [1.54, 1.807) is 13.8 Å². The van der Waals surface area contributed by atoms with Gasteiger partial charge in [-0.1, -0.05) is 18.7 Å². The molecular formula is C17H19FN4O4S. The van der Waals surface area contributed by atoms with Gasteiger partial charge in [0.05, 0.1) is 6.61 Å². The lowest BCUT2D eigenvalue weighted by Gasteiger charge is -2.13. The van der Waals surface area contributed by atoms with Crippen molar-refractivity contribution in [1.82, 2.24) is 9.97 Å². The van der Waals surface area contributed by atoms with E-state index in [1.165, 1.54) is 12.1 Å². The summed E-state index contributed by atoms with van der Waals surface area (Å²) in [5.41, 5.74) is 5.05. The second-order valence-corrected chi connectivity index (χ2v) is 6.55. The molecule has 2 aromatic rings. The summed E-state index contributed by atoms with van der Waals surface area (Å²) in [6, 6.07) is 4.80. The quantitative estimate of drug-likeness (QED) is 0.373. The molecular weight excluding hydrogens is 375 g/mol. The van der Waals surface area contributed by atoms with E-state index in [0.717, 1.165) is 23.9 Å². The van der Waals surface area contributed by atoms with Gasteiger partial charge in [0.15, 0.2) is 11.0 Å². The molecule has 1 aromatic heterocycles. The normalized spacial score (nSPS) is 11.7. The highest BCUT2D eigenvalue weighted by Crippen LogP contribution is 2.24. The van der Waals surface area contributed by atoms with Gasteiger partial charge in [-0.05, 0) is 37.6 Å². The Bertz CT molecular complexity index is 885. The number of esters is 1. The van der Waals surface area contributed by atoms with Gasteiger partial charge in [0, 0.05) is 5.56 Å². The molecule has 0 saturated heterocycles. The van der Waals surface area contributed by atoms with Crippen LogP contribution in [0.2, 0.25) is 0 Å². The van der Waals surface area contributed by atoms with Crippen LogP contribution in [0.4, 0.5) is 15.9 Å². The van der Waals surface area contributed by atoms with Crippen LogP contribution in [-0.2, 0) is 9.53 Å². The summed E-state index contributed by atoms with van der Waals surface area (Å²) in [7, 11) is 0. The minimum atomic E-state index is -0.667. The molecule has 27 heavy (non-hydrogen) atoms. The maximum absolute atomic E-state index is 12.9. The van der Waals surface area contributed by atoms with E-state index in [1.807, 2.05) is 0 Å². The van der Waals surface area contributed by atoms with Crippen LogP contribution in [0.1, 0.15) is 30.6 Å². The molecule has 1 amide bonds. The number of thioether (sulfide) groups is 1. The fourth-order valence-corrected chi connectivity index (χ4v) is 3.00. The molecule has 1 aromatic carbocycles. The lowest BCUT2D eigenvalue weighted by molar-refractivity contribution is -0.142. The van der Waals surface area contributed by atoms with E-state index in [4.69, 9.17) is 10.5 Å². The summed E-state index contributed by atoms with van der Waals surface area (Å²) >= 11 is 1.02. The monoisotopic (exact) mass is 394 g/mol. The SMILES string of the molecule is CCOC(=O)[C@@H](CC)Sc1nc(N)c(NC(=O)c2ccc(F)cc2)c(=O)[nH]1. The maximum Gasteiger partial charge on any atom is 0.319 e. The number of aromatic nitrogens is 2. The standard InChI is InChI=1S/C17H19FN4O4S/c1-3-11(16(25)26-4-2)27-17-21-13(19)12(15(24)22-17)20-14(23)9-5-7-10(18)8-6-9/h5-8,11H,3-4H2,1-2H3,(H,20,23)(H3,19,21,22,24)/t11-/m1/s1. The number of amides is 1.